The lowest BCUT2D eigenvalue weighted by molar-refractivity contribution is -0.0511. The molecule has 0 radical (unpaired) electrons. The van der Waals surface area contributed by atoms with Crippen LogP contribution in [0.4, 0.5) is 5.82 Å². The first kappa shape index (κ1) is 20.3. The SMILES string of the molecule is COc1cc(C(C)Nc2ncnc3c2ncn3[C@@H]2O[C@H](CO)[C@@H](O)[C@H]2O)ccc1O. The molecule has 0 saturated carbocycles. The zero-order valence-electron chi connectivity index (χ0n) is 16.4. The molecule has 1 aliphatic rings. The fourth-order valence-corrected chi connectivity index (χ4v) is 3.51. The van der Waals surface area contributed by atoms with E-state index in [4.69, 9.17) is 9.47 Å². The molecule has 5 atom stereocenters. The third-order valence-electron chi connectivity index (χ3n) is 5.21. The van der Waals surface area contributed by atoms with Crippen LogP contribution in [0.15, 0.2) is 30.9 Å². The van der Waals surface area contributed by atoms with Crippen molar-refractivity contribution in [1.82, 2.24) is 19.5 Å². The quantitative estimate of drug-likeness (QED) is 0.379. The van der Waals surface area contributed by atoms with Gasteiger partial charge in [-0.2, -0.15) is 0 Å². The Kier molecular flexibility index (Phi) is 5.43. The first-order chi connectivity index (χ1) is 14.4. The van der Waals surface area contributed by atoms with Crippen molar-refractivity contribution < 1.29 is 29.9 Å². The molecule has 0 bridgehead atoms. The van der Waals surface area contributed by atoms with E-state index >= 15 is 0 Å². The zero-order chi connectivity index (χ0) is 21.4. The van der Waals surface area contributed by atoms with Gasteiger partial charge in [-0.3, -0.25) is 4.57 Å². The molecule has 160 valence electrons. The molecule has 0 spiro atoms. The number of hydrogen-bond acceptors (Lipinski definition) is 10. The number of hydrogen-bond donors (Lipinski definition) is 5. The van der Waals surface area contributed by atoms with Gasteiger partial charge in [0.25, 0.3) is 0 Å². The normalized spacial score (nSPS) is 24.8. The molecule has 11 nitrogen and oxygen atoms in total. The number of anilines is 1. The summed E-state index contributed by atoms with van der Waals surface area (Å²) in [5, 5.41) is 42.7. The largest absolute Gasteiger partial charge is 0.504 e. The Morgan fingerprint density at radius 2 is 2.03 bits per heavy atom. The van der Waals surface area contributed by atoms with Crippen molar-refractivity contribution in [3.05, 3.63) is 36.4 Å². The van der Waals surface area contributed by atoms with Gasteiger partial charge < -0.3 is 35.2 Å². The predicted octanol–water partition coefficient (Wildman–Crippen LogP) is 0.325. The number of ether oxygens (including phenoxy) is 2. The second-order valence-corrected chi connectivity index (χ2v) is 7.07. The maximum absolute atomic E-state index is 10.3. The number of phenols is 1. The standard InChI is InChI=1S/C19H23N5O6/c1-9(10-3-4-11(26)12(5-10)29-2)23-17-14-18(21-7-20-17)24(8-22-14)19-16(28)15(27)13(6-25)30-19/h3-5,7-9,13,15-16,19,25-28H,6H2,1-2H3,(H,20,21,23)/t9?,13-,15-,16-,19-/m1/s1. The van der Waals surface area contributed by atoms with Crippen LogP contribution in [0.1, 0.15) is 24.8 Å². The molecule has 3 heterocycles. The third-order valence-corrected chi connectivity index (χ3v) is 5.21. The fourth-order valence-electron chi connectivity index (χ4n) is 3.51. The number of rotatable bonds is 6. The molecule has 3 aromatic rings. The van der Waals surface area contributed by atoms with E-state index < -0.39 is 31.1 Å². The molecular formula is C19H23N5O6. The molecule has 5 N–H and O–H groups in total. The molecule has 4 rings (SSSR count). The highest BCUT2D eigenvalue weighted by Gasteiger charge is 2.44. The molecule has 2 aromatic heterocycles. The zero-order valence-corrected chi connectivity index (χ0v) is 16.4. The van der Waals surface area contributed by atoms with Crippen molar-refractivity contribution in [1.29, 1.82) is 0 Å². The molecule has 30 heavy (non-hydrogen) atoms. The van der Waals surface area contributed by atoms with Gasteiger partial charge in [0, 0.05) is 0 Å². The van der Waals surface area contributed by atoms with E-state index in [1.54, 1.807) is 18.2 Å². The van der Waals surface area contributed by atoms with E-state index in [-0.39, 0.29) is 11.8 Å². The number of nitrogens with zero attached hydrogens (tertiary/aromatic N) is 4. The second kappa shape index (κ2) is 8.03. The lowest BCUT2D eigenvalue weighted by atomic mass is 10.1. The Labute approximate surface area is 171 Å². The summed E-state index contributed by atoms with van der Waals surface area (Å²) in [7, 11) is 1.48. The van der Waals surface area contributed by atoms with E-state index in [0.29, 0.717) is 22.7 Å². The van der Waals surface area contributed by atoms with Crippen LogP contribution >= 0.6 is 0 Å². The van der Waals surface area contributed by atoms with Crippen LogP contribution in [-0.4, -0.2) is 72.0 Å². The van der Waals surface area contributed by atoms with E-state index in [0.717, 1.165) is 5.56 Å². The number of aliphatic hydroxyl groups excluding tert-OH is 3. The first-order valence-electron chi connectivity index (χ1n) is 9.38. The summed E-state index contributed by atoms with van der Waals surface area (Å²) in [4.78, 5) is 12.8. The molecule has 1 fully saturated rings. The summed E-state index contributed by atoms with van der Waals surface area (Å²) in [5.41, 5.74) is 1.71. The smallest absolute Gasteiger partial charge is 0.167 e. The number of benzene rings is 1. The third kappa shape index (κ3) is 3.41. The number of aromatic hydroxyl groups is 1. The number of phenolic OH excluding ortho intramolecular Hbond substituents is 1. The van der Waals surface area contributed by atoms with Gasteiger partial charge in [-0.1, -0.05) is 6.07 Å². The lowest BCUT2D eigenvalue weighted by Crippen LogP contribution is -2.33. The average Bonchev–Trinajstić information content (AvgIpc) is 3.30. The van der Waals surface area contributed by atoms with Crippen LogP contribution in [0.25, 0.3) is 11.2 Å². The molecule has 11 heteroatoms. The van der Waals surface area contributed by atoms with Gasteiger partial charge >= 0.3 is 0 Å². The first-order valence-corrected chi connectivity index (χ1v) is 9.38. The lowest BCUT2D eigenvalue weighted by Gasteiger charge is -2.18. The minimum atomic E-state index is -1.24. The number of imidazole rings is 1. The number of aliphatic hydroxyl groups is 3. The Morgan fingerprint density at radius 1 is 1.23 bits per heavy atom. The van der Waals surface area contributed by atoms with E-state index in [1.165, 1.54) is 24.3 Å². The monoisotopic (exact) mass is 417 g/mol. The van der Waals surface area contributed by atoms with Crippen molar-refractivity contribution in [3.63, 3.8) is 0 Å². The van der Waals surface area contributed by atoms with Gasteiger partial charge in [-0.25, -0.2) is 15.0 Å². The second-order valence-electron chi connectivity index (χ2n) is 7.07. The molecule has 1 unspecified atom stereocenters. The highest BCUT2D eigenvalue weighted by Crippen LogP contribution is 2.33. The van der Waals surface area contributed by atoms with Gasteiger partial charge in [0.1, 0.15) is 24.6 Å². The molecule has 1 aromatic carbocycles. The molecule has 0 aliphatic carbocycles. The summed E-state index contributed by atoms with van der Waals surface area (Å²) in [6.07, 6.45) is -1.50. The summed E-state index contributed by atoms with van der Waals surface area (Å²) in [5.74, 6) is 0.878. The predicted molar refractivity (Wildman–Crippen MR) is 105 cm³/mol. The molecule has 1 aliphatic heterocycles. The Hall–Kier alpha value is -2.99. The number of nitrogens with one attached hydrogen (secondary N) is 1. The highest BCUT2D eigenvalue weighted by atomic mass is 16.6. The van der Waals surface area contributed by atoms with Crippen molar-refractivity contribution in [2.24, 2.45) is 0 Å². The van der Waals surface area contributed by atoms with Crippen LogP contribution in [0, 0.1) is 0 Å². The van der Waals surface area contributed by atoms with Crippen LogP contribution in [-0.2, 0) is 4.74 Å². The van der Waals surface area contributed by atoms with Gasteiger partial charge in [-0.15, -0.1) is 0 Å². The topological polar surface area (TPSA) is 155 Å². The van der Waals surface area contributed by atoms with E-state index in [9.17, 15) is 20.4 Å². The number of fused-ring (bicyclic) bond motifs is 1. The Balaban J connectivity index is 1.62. The molecule has 0 amide bonds. The minimum absolute atomic E-state index is 0.0510. The van der Waals surface area contributed by atoms with Gasteiger partial charge in [0.2, 0.25) is 0 Å². The maximum Gasteiger partial charge on any atom is 0.167 e. The Morgan fingerprint density at radius 3 is 2.73 bits per heavy atom. The van der Waals surface area contributed by atoms with Gasteiger partial charge in [0.15, 0.2) is 34.7 Å². The van der Waals surface area contributed by atoms with E-state index in [1.807, 2.05) is 6.92 Å². The molecule has 1 saturated heterocycles. The number of aromatic nitrogens is 4. The van der Waals surface area contributed by atoms with Crippen molar-refractivity contribution in [3.8, 4) is 11.5 Å². The van der Waals surface area contributed by atoms with Crippen LogP contribution in [0.3, 0.4) is 0 Å². The van der Waals surface area contributed by atoms with Crippen LogP contribution in [0.5, 0.6) is 11.5 Å². The Bertz CT molecular complexity index is 1040. The minimum Gasteiger partial charge on any atom is -0.504 e. The summed E-state index contributed by atoms with van der Waals surface area (Å²) in [6.45, 7) is 1.50. The summed E-state index contributed by atoms with van der Waals surface area (Å²) in [6, 6.07) is 4.85. The molecular weight excluding hydrogens is 394 g/mol. The summed E-state index contributed by atoms with van der Waals surface area (Å²) < 4.78 is 12.2. The summed E-state index contributed by atoms with van der Waals surface area (Å²) >= 11 is 0. The maximum atomic E-state index is 10.3. The fraction of sp³-hybridized carbons (Fsp3) is 0.421. The van der Waals surface area contributed by atoms with E-state index in [2.05, 4.69) is 20.3 Å². The van der Waals surface area contributed by atoms with Crippen molar-refractivity contribution in [2.45, 2.75) is 37.5 Å². The van der Waals surface area contributed by atoms with Crippen LogP contribution in [0.2, 0.25) is 0 Å². The van der Waals surface area contributed by atoms with Gasteiger partial charge in [0.05, 0.1) is 26.1 Å². The van der Waals surface area contributed by atoms with Crippen molar-refractivity contribution >= 4 is 17.0 Å². The number of methoxy groups -OCH3 is 1. The average molecular weight is 417 g/mol. The van der Waals surface area contributed by atoms with Crippen molar-refractivity contribution in [2.75, 3.05) is 19.0 Å². The van der Waals surface area contributed by atoms with Crippen LogP contribution < -0.4 is 10.1 Å². The van der Waals surface area contributed by atoms with Gasteiger partial charge in [-0.05, 0) is 24.6 Å². The highest BCUT2D eigenvalue weighted by molar-refractivity contribution is 5.83.